The maximum Gasteiger partial charge on any atom is 0.251 e. The molecule has 112 valence electrons. The van der Waals surface area contributed by atoms with Crippen LogP contribution in [0.1, 0.15) is 31.7 Å². The second kappa shape index (κ2) is 5.64. The van der Waals surface area contributed by atoms with E-state index in [9.17, 15) is 4.79 Å². The number of hydrogen-bond acceptors (Lipinski definition) is 2. The molecule has 0 atom stereocenters. The average molecular weight is 303 g/mol. The second-order valence-corrected chi connectivity index (χ2v) is 6.08. The van der Waals surface area contributed by atoms with E-state index in [1.807, 2.05) is 35.1 Å². The maximum atomic E-state index is 13.0. The Bertz CT molecular complexity index is 542. The van der Waals surface area contributed by atoms with Gasteiger partial charge in [0.05, 0.1) is 5.41 Å². The van der Waals surface area contributed by atoms with Crippen molar-refractivity contribution in [3.05, 3.63) is 35.9 Å². The lowest BCUT2D eigenvalue weighted by atomic mass is 9.95. The predicted octanol–water partition coefficient (Wildman–Crippen LogP) is 2.06. The molecule has 1 aliphatic carbocycles. The highest BCUT2D eigenvalue weighted by Gasteiger charge is 2.54. The van der Waals surface area contributed by atoms with Crippen LogP contribution in [-0.4, -0.2) is 40.7 Å². The van der Waals surface area contributed by atoms with Gasteiger partial charge in [0.25, 0.3) is 5.91 Å². The van der Waals surface area contributed by atoms with E-state index in [0.29, 0.717) is 5.11 Å². The van der Waals surface area contributed by atoms with Crippen LogP contribution in [0, 0.1) is 0 Å². The molecule has 1 saturated carbocycles. The van der Waals surface area contributed by atoms with Crippen molar-refractivity contribution >= 4 is 23.2 Å². The van der Waals surface area contributed by atoms with Gasteiger partial charge in [0, 0.05) is 19.6 Å². The molecule has 0 spiro atoms. The number of hydrazine groups is 1. The van der Waals surface area contributed by atoms with Crippen LogP contribution < -0.4 is 5.32 Å². The Morgan fingerprint density at radius 1 is 1.24 bits per heavy atom. The molecule has 1 aliphatic heterocycles. The fourth-order valence-electron chi connectivity index (χ4n) is 3.03. The van der Waals surface area contributed by atoms with Gasteiger partial charge in [-0.15, -0.1) is 0 Å². The molecule has 3 rings (SSSR count). The van der Waals surface area contributed by atoms with Gasteiger partial charge in [-0.25, -0.2) is 0 Å². The lowest BCUT2D eigenvalue weighted by Crippen LogP contribution is -2.51. The number of rotatable bonds is 3. The van der Waals surface area contributed by atoms with Crippen LogP contribution in [0.4, 0.5) is 0 Å². The number of nitrogens with one attached hydrogen (secondary N) is 1. The quantitative estimate of drug-likeness (QED) is 0.867. The number of thiocarbonyl (C=S) groups is 1. The lowest BCUT2D eigenvalue weighted by molar-refractivity contribution is -0.141. The molecule has 1 saturated heterocycles. The summed E-state index contributed by atoms with van der Waals surface area (Å²) in [5.41, 5.74) is 0.822. The van der Waals surface area contributed by atoms with Gasteiger partial charge in [-0.2, -0.15) is 0 Å². The van der Waals surface area contributed by atoms with Crippen molar-refractivity contribution in [3.8, 4) is 0 Å². The third kappa shape index (κ3) is 2.50. The fourth-order valence-corrected chi connectivity index (χ4v) is 3.37. The smallest absolute Gasteiger partial charge is 0.251 e. The van der Waals surface area contributed by atoms with Gasteiger partial charge in [0.15, 0.2) is 5.11 Å². The predicted molar refractivity (Wildman–Crippen MR) is 86.7 cm³/mol. The summed E-state index contributed by atoms with van der Waals surface area (Å²) in [5.74, 6) is 0.200. The van der Waals surface area contributed by atoms with E-state index in [2.05, 4.69) is 17.4 Å². The van der Waals surface area contributed by atoms with Crippen LogP contribution in [0.15, 0.2) is 30.3 Å². The molecular formula is C16H21N3OS. The number of hydrogen-bond donors (Lipinski definition) is 1. The average Bonchev–Trinajstić information content (AvgIpc) is 3.18. The van der Waals surface area contributed by atoms with Gasteiger partial charge in [0.2, 0.25) is 0 Å². The van der Waals surface area contributed by atoms with Crippen molar-refractivity contribution in [2.75, 3.05) is 19.6 Å². The van der Waals surface area contributed by atoms with Crippen molar-refractivity contribution in [1.82, 2.24) is 15.3 Å². The van der Waals surface area contributed by atoms with E-state index >= 15 is 0 Å². The second-order valence-electron chi connectivity index (χ2n) is 5.69. The Labute approximate surface area is 131 Å². The molecule has 2 fully saturated rings. The monoisotopic (exact) mass is 303 g/mol. The first-order chi connectivity index (χ1) is 10.2. The Hall–Kier alpha value is -1.62. The van der Waals surface area contributed by atoms with Gasteiger partial charge in [-0.1, -0.05) is 30.3 Å². The maximum absolute atomic E-state index is 13.0. The van der Waals surface area contributed by atoms with E-state index in [4.69, 9.17) is 12.2 Å². The molecule has 1 N–H and O–H groups in total. The topological polar surface area (TPSA) is 35.6 Å². The summed E-state index contributed by atoms with van der Waals surface area (Å²) >= 11 is 5.39. The van der Waals surface area contributed by atoms with Crippen molar-refractivity contribution in [2.45, 2.75) is 31.6 Å². The lowest BCUT2D eigenvalue weighted by Gasteiger charge is -2.33. The number of carbonyl (C=O) groups is 1. The molecular weight excluding hydrogens is 282 g/mol. The number of benzene rings is 1. The summed E-state index contributed by atoms with van der Waals surface area (Å²) in [6, 6.07) is 10.1. The number of carbonyl (C=O) groups excluding carboxylic acids is 1. The number of amides is 1. The molecule has 5 heteroatoms. The van der Waals surface area contributed by atoms with Crippen molar-refractivity contribution < 1.29 is 4.79 Å². The highest BCUT2D eigenvalue weighted by Crippen LogP contribution is 2.50. The molecule has 4 nitrogen and oxygen atoms in total. The minimum absolute atomic E-state index is 0.200. The fraction of sp³-hybridized carbons (Fsp3) is 0.500. The Balaban J connectivity index is 1.80. The zero-order chi connectivity index (χ0) is 14.9. The van der Waals surface area contributed by atoms with Gasteiger partial charge in [-0.05, 0) is 44.0 Å². The highest BCUT2D eigenvalue weighted by atomic mass is 32.1. The molecule has 21 heavy (non-hydrogen) atoms. The van der Waals surface area contributed by atoms with Crippen molar-refractivity contribution in [3.63, 3.8) is 0 Å². The third-order valence-electron chi connectivity index (χ3n) is 4.31. The molecule has 0 bridgehead atoms. The summed E-state index contributed by atoms with van der Waals surface area (Å²) in [5, 5.41) is 7.59. The molecule has 2 aliphatic rings. The number of nitrogens with zero attached hydrogens (tertiary/aromatic N) is 2. The van der Waals surface area contributed by atoms with Crippen LogP contribution in [0.25, 0.3) is 0 Å². The molecule has 1 aromatic rings. The van der Waals surface area contributed by atoms with Gasteiger partial charge < -0.3 is 5.32 Å². The van der Waals surface area contributed by atoms with E-state index in [0.717, 1.165) is 44.5 Å². The summed E-state index contributed by atoms with van der Waals surface area (Å²) in [7, 11) is 0. The van der Waals surface area contributed by atoms with Crippen LogP contribution >= 0.6 is 12.2 Å². The minimum Gasteiger partial charge on any atom is -0.361 e. The van der Waals surface area contributed by atoms with E-state index in [1.54, 1.807) is 0 Å². The Kier molecular flexibility index (Phi) is 3.85. The summed E-state index contributed by atoms with van der Waals surface area (Å²) < 4.78 is 0. The van der Waals surface area contributed by atoms with Crippen LogP contribution in [0.3, 0.4) is 0 Å². The van der Waals surface area contributed by atoms with Crippen LogP contribution in [-0.2, 0) is 10.2 Å². The molecule has 0 unspecified atom stereocenters. The minimum atomic E-state index is -0.314. The summed E-state index contributed by atoms with van der Waals surface area (Å²) in [6.45, 7) is 4.38. The summed E-state index contributed by atoms with van der Waals surface area (Å²) in [4.78, 5) is 13.0. The summed E-state index contributed by atoms with van der Waals surface area (Å²) in [6.07, 6.45) is 2.85. The Morgan fingerprint density at radius 2 is 1.90 bits per heavy atom. The van der Waals surface area contributed by atoms with E-state index in [1.165, 1.54) is 0 Å². The van der Waals surface area contributed by atoms with Gasteiger partial charge in [0.1, 0.15) is 0 Å². The van der Waals surface area contributed by atoms with E-state index < -0.39 is 0 Å². The zero-order valence-corrected chi connectivity index (χ0v) is 13.2. The van der Waals surface area contributed by atoms with E-state index in [-0.39, 0.29) is 11.3 Å². The Morgan fingerprint density at radius 3 is 2.52 bits per heavy atom. The van der Waals surface area contributed by atoms with Gasteiger partial charge >= 0.3 is 0 Å². The molecule has 1 aromatic carbocycles. The first kappa shape index (κ1) is 14.3. The SMILES string of the molecule is CCNC(=S)N1CCCN1C(=O)C1(c2ccccc2)CC1. The molecule has 0 radical (unpaired) electrons. The zero-order valence-electron chi connectivity index (χ0n) is 12.3. The largest absolute Gasteiger partial charge is 0.361 e. The van der Waals surface area contributed by atoms with Gasteiger partial charge in [-0.3, -0.25) is 14.8 Å². The third-order valence-corrected chi connectivity index (χ3v) is 4.67. The first-order valence-corrected chi connectivity index (χ1v) is 8.02. The van der Waals surface area contributed by atoms with Crippen LogP contribution in [0.2, 0.25) is 0 Å². The normalized spacial score (nSPS) is 19.5. The van der Waals surface area contributed by atoms with Crippen molar-refractivity contribution in [2.24, 2.45) is 0 Å². The van der Waals surface area contributed by atoms with Crippen molar-refractivity contribution in [1.29, 1.82) is 0 Å². The first-order valence-electron chi connectivity index (χ1n) is 7.62. The highest BCUT2D eigenvalue weighted by molar-refractivity contribution is 7.80. The van der Waals surface area contributed by atoms with Crippen LogP contribution in [0.5, 0.6) is 0 Å². The standard InChI is InChI=1S/C16H21N3OS/c1-2-17-15(21)19-12-6-11-18(19)14(20)16(9-10-16)13-7-4-3-5-8-13/h3-5,7-8H,2,6,9-12H2,1H3,(H,17,21). The molecule has 1 heterocycles. The molecule has 0 aromatic heterocycles. The molecule has 1 amide bonds.